The molecule has 1 saturated heterocycles. The molecule has 0 spiro atoms. The number of carbonyl (C=O) groups excluding carboxylic acids is 2. The Morgan fingerprint density at radius 2 is 2.04 bits per heavy atom. The van der Waals surface area contributed by atoms with Crippen LogP contribution in [0.15, 0.2) is 42.5 Å². The van der Waals surface area contributed by atoms with Gasteiger partial charge in [0.15, 0.2) is 5.13 Å². The fourth-order valence-corrected chi connectivity index (χ4v) is 4.00. The largest absolute Gasteiger partial charge is 0.296 e. The molecule has 0 bridgehead atoms. The van der Waals surface area contributed by atoms with E-state index in [1.807, 2.05) is 31.2 Å². The first-order valence-electron chi connectivity index (χ1n) is 8.03. The minimum absolute atomic E-state index is 0.0821. The maximum Gasteiger partial charge on any atom is 0.253 e. The molecule has 1 aliphatic rings. The number of halogens is 1. The standard InChI is InChI=1S/C18H15ClN4O2S/c1-10-8-11(19)6-7-14(10)23-16(24)9-13(17(23)25)21-22-18-20-12-4-2-3-5-15(12)26-18/h2-8,13,21H,9H2,1H3,(H,20,22)/t13-/m1/s1. The number of benzene rings is 2. The zero-order valence-electron chi connectivity index (χ0n) is 13.8. The molecule has 2 N–H and O–H groups in total. The summed E-state index contributed by atoms with van der Waals surface area (Å²) in [5.74, 6) is -0.543. The SMILES string of the molecule is Cc1cc(Cl)ccc1N1C(=O)C[C@@H](NNc2nc3ccccc3s2)C1=O. The van der Waals surface area contributed by atoms with Crippen LogP contribution in [0.5, 0.6) is 0 Å². The molecule has 132 valence electrons. The Balaban J connectivity index is 1.50. The van der Waals surface area contributed by atoms with E-state index in [9.17, 15) is 9.59 Å². The summed E-state index contributed by atoms with van der Waals surface area (Å²) in [6.45, 7) is 1.82. The summed E-state index contributed by atoms with van der Waals surface area (Å²) in [7, 11) is 0. The summed E-state index contributed by atoms with van der Waals surface area (Å²) in [4.78, 5) is 30.7. The van der Waals surface area contributed by atoms with E-state index in [0.717, 1.165) is 15.8 Å². The van der Waals surface area contributed by atoms with E-state index in [0.29, 0.717) is 15.8 Å². The molecule has 4 rings (SSSR count). The highest BCUT2D eigenvalue weighted by Gasteiger charge is 2.40. The zero-order valence-corrected chi connectivity index (χ0v) is 15.4. The van der Waals surface area contributed by atoms with E-state index in [4.69, 9.17) is 11.6 Å². The number of nitrogens with one attached hydrogen (secondary N) is 2. The third kappa shape index (κ3) is 3.05. The van der Waals surface area contributed by atoms with Crippen molar-refractivity contribution in [2.24, 2.45) is 0 Å². The third-order valence-corrected chi connectivity index (χ3v) is 5.38. The quantitative estimate of drug-likeness (QED) is 0.530. The molecule has 1 aromatic heterocycles. The van der Waals surface area contributed by atoms with Crippen LogP contribution < -0.4 is 15.8 Å². The molecule has 2 aromatic carbocycles. The summed E-state index contributed by atoms with van der Waals surface area (Å²) in [5, 5.41) is 1.21. The Hall–Kier alpha value is -2.48. The zero-order chi connectivity index (χ0) is 18.3. The molecular formula is C18H15ClN4O2S. The Labute approximate surface area is 158 Å². The molecule has 1 fully saturated rings. The molecule has 0 aliphatic carbocycles. The predicted molar refractivity (Wildman–Crippen MR) is 103 cm³/mol. The van der Waals surface area contributed by atoms with Crippen LogP contribution in [0, 0.1) is 6.92 Å². The second-order valence-electron chi connectivity index (χ2n) is 6.01. The van der Waals surface area contributed by atoms with Gasteiger partial charge in [0.25, 0.3) is 5.91 Å². The van der Waals surface area contributed by atoms with Crippen LogP contribution in [-0.4, -0.2) is 22.8 Å². The number of fused-ring (bicyclic) bond motifs is 1. The van der Waals surface area contributed by atoms with Crippen molar-refractivity contribution >= 4 is 55.8 Å². The number of aryl methyl sites for hydroxylation is 1. The van der Waals surface area contributed by atoms with Gasteiger partial charge in [0.05, 0.1) is 22.3 Å². The number of amides is 2. The fourth-order valence-electron chi connectivity index (χ4n) is 2.94. The molecule has 0 unspecified atom stereocenters. The lowest BCUT2D eigenvalue weighted by Gasteiger charge is -2.18. The van der Waals surface area contributed by atoms with Crippen molar-refractivity contribution in [3.05, 3.63) is 53.1 Å². The number of nitrogens with zero attached hydrogens (tertiary/aromatic N) is 2. The monoisotopic (exact) mass is 386 g/mol. The first-order chi connectivity index (χ1) is 12.5. The van der Waals surface area contributed by atoms with Gasteiger partial charge in [0, 0.05) is 5.02 Å². The Bertz CT molecular complexity index is 986. The molecule has 2 amide bonds. The van der Waals surface area contributed by atoms with Crippen molar-refractivity contribution in [2.45, 2.75) is 19.4 Å². The molecule has 1 atom stereocenters. The van der Waals surface area contributed by atoms with Crippen LogP contribution in [0.25, 0.3) is 10.2 Å². The van der Waals surface area contributed by atoms with Gasteiger partial charge in [-0.2, -0.15) is 0 Å². The number of carbonyl (C=O) groups is 2. The van der Waals surface area contributed by atoms with Gasteiger partial charge in [0.1, 0.15) is 6.04 Å². The molecule has 8 heteroatoms. The summed E-state index contributed by atoms with van der Waals surface area (Å²) in [6, 6.07) is 12.2. The summed E-state index contributed by atoms with van der Waals surface area (Å²) in [6.07, 6.45) is 0.0821. The number of aromatic nitrogens is 1. The fraction of sp³-hybridized carbons (Fsp3) is 0.167. The van der Waals surface area contributed by atoms with E-state index in [2.05, 4.69) is 15.8 Å². The lowest BCUT2D eigenvalue weighted by atomic mass is 10.2. The molecule has 1 aliphatic heterocycles. The molecular weight excluding hydrogens is 372 g/mol. The Morgan fingerprint density at radius 1 is 1.23 bits per heavy atom. The molecule has 0 saturated carbocycles. The van der Waals surface area contributed by atoms with Crippen LogP contribution in [0.3, 0.4) is 0 Å². The maximum atomic E-state index is 12.7. The molecule has 6 nitrogen and oxygen atoms in total. The van der Waals surface area contributed by atoms with Gasteiger partial charge < -0.3 is 0 Å². The highest BCUT2D eigenvalue weighted by molar-refractivity contribution is 7.22. The third-order valence-electron chi connectivity index (χ3n) is 4.19. The number of hydrogen-bond donors (Lipinski definition) is 2. The number of anilines is 2. The van der Waals surface area contributed by atoms with Crippen molar-refractivity contribution < 1.29 is 9.59 Å². The van der Waals surface area contributed by atoms with Crippen molar-refractivity contribution in [3.8, 4) is 0 Å². The first kappa shape index (κ1) is 17.0. The second kappa shape index (κ2) is 6.68. The highest BCUT2D eigenvalue weighted by Crippen LogP contribution is 2.29. The van der Waals surface area contributed by atoms with Gasteiger partial charge in [-0.15, -0.1) is 0 Å². The Kier molecular flexibility index (Phi) is 4.36. The van der Waals surface area contributed by atoms with E-state index in [-0.39, 0.29) is 18.2 Å². The molecule has 0 radical (unpaired) electrons. The van der Waals surface area contributed by atoms with E-state index in [1.165, 1.54) is 16.2 Å². The van der Waals surface area contributed by atoms with Gasteiger partial charge in [-0.1, -0.05) is 35.1 Å². The number of rotatable bonds is 4. The minimum Gasteiger partial charge on any atom is -0.296 e. The number of thiazole rings is 1. The van der Waals surface area contributed by atoms with Crippen molar-refractivity contribution in [2.75, 3.05) is 10.3 Å². The molecule has 26 heavy (non-hydrogen) atoms. The van der Waals surface area contributed by atoms with Crippen LogP contribution in [0.4, 0.5) is 10.8 Å². The maximum absolute atomic E-state index is 12.7. The Morgan fingerprint density at radius 3 is 2.81 bits per heavy atom. The number of hydrazine groups is 1. The van der Waals surface area contributed by atoms with Crippen molar-refractivity contribution in [3.63, 3.8) is 0 Å². The minimum atomic E-state index is -0.649. The molecule has 3 aromatic rings. The molecule has 2 heterocycles. The van der Waals surface area contributed by atoms with E-state index < -0.39 is 6.04 Å². The number of imide groups is 1. The van der Waals surface area contributed by atoms with Gasteiger partial charge in [-0.25, -0.2) is 15.3 Å². The van der Waals surface area contributed by atoms with Crippen molar-refractivity contribution in [1.29, 1.82) is 0 Å². The second-order valence-corrected chi connectivity index (χ2v) is 7.48. The van der Waals surface area contributed by atoms with E-state index >= 15 is 0 Å². The lowest BCUT2D eigenvalue weighted by molar-refractivity contribution is -0.121. The van der Waals surface area contributed by atoms with Crippen LogP contribution >= 0.6 is 22.9 Å². The van der Waals surface area contributed by atoms with Crippen molar-refractivity contribution in [1.82, 2.24) is 10.4 Å². The smallest absolute Gasteiger partial charge is 0.253 e. The topological polar surface area (TPSA) is 74.3 Å². The van der Waals surface area contributed by atoms with Crippen LogP contribution in [0.2, 0.25) is 5.02 Å². The van der Waals surface area contributed by atoms with Crippen LogP contribution in [0.1, 0.15) is 12.0 Å². The average Bonchev–Trinajstić information content (AvgIpc) is 3.14. The predicted octanol–water partition coefficient (Wildman–Crippen LogP) is 3.51. The summed E-state index contributed by atoms with van der Waals surface area (Å²) >= 11 is 7.43. The van der Waals surface area contributed by atoms with Gasteiger partial charge >= 0.3 is 0 Å². The normalized spacial score (nSPS) is 17.3. The first-order valence-corrected chi connectivity index (χ1v) is 9.22. The highest BCUT2D eigenvalue weighted by atomic mass is 35.5. The summed E-state index contributed by atoms with van der Waals surface area (Å²) < 4.78 is 1.05. The van der Waals surface area contributed by atoms with Gasteiger partial charge in [-0.05, 0) is 42.8 Å². The number of hydrogen-bond acceptors (Lipinski definition) is 6. The van der Waals surface area contributed by atoms with Gasteiger partial charge in [0.2, 0.25) is 5.91 Å². The average molecular weight is 387 g/mol. The van der Waals surface area contributed by atoms with E-state index in [1.54, 1.807) is 18.2 Å². The number of para-hydroxylation sites is 1. The van der Waals surface area contributed by atoms with Crippen LogP contribution in [-0.2, 0) is 9.59 Å². The lowest BCUT2D eigenvalue weighted by Crippen LogP contribution is -2.41. The van der Waals surface area contributed by atoms with Gasteiger partial charge in [-0.3, -0.25) is 15.0 Å². The summed E-state index contributed by atoms with van der Waals surface area (Å²) in [5.41, 5.74) is 8.11.